The molecule has 0 heterocycles. The van der Waals surface area contributed by atoms with E-state index in [9.17, 15) is 8.42 Å². The van der Waals surface area contributed by atoms with Gasteiger partial charge >= 0.3 is 0 Å². The number of methoxy groups -OCH3 is 1. The van der Waals surface area contributed by atoms with Crippen LogP contribution in [0.2, 0.25) is 0 Å². The highest BCUT2D eigenvalue weighted by Crippen LogP contribution is 2.31. The van der Waals surface area contributed by atoms with Gasteiger partial charge in [-0.25, -0.2) is 13.1 Å². The molecule has 0 unspecified atom stereocenters. The summed E-state index contributed by atoms with van der Waals surface area (Å²) < 4.78 is 32.9. The maximum absolute atomic E-state index is 12.2. The van der Waals surface area contributed by atoms with Crippen LogP contribution in [0.15, 0.2) is 26.0 Å². The number of anilines is 1. The van der Waals surface area contributed by atoms with Crippen LogP contribution < -0.4 is 10.5 Å². The third-order valence-corrected chi connectivity index (χ3v) is 5.30. The standard InChI is InChI=1S/C11H16Br2N2O3S/c1-18-5-3-2-4-15-19(16,17)11-9(13)6-8(12)7-10(11)14/h6-7,15H,2-5,14H2,1H3. The topological polar surface area (TPSA) is 81.4 Å². The quantitative estimate of drug-likeness (QED) is 0.529. The number of nitrogens with two attached hydrogens (primary N) is 1. The molecule has 0 bridgehead atoms. The monoisotopic (exact) mass is 414 g/mol. The van der Waals surface area contributed by atoms with E-state index in [-0.39, 0.29) is 10.6 Å². The maximum Gasteiger partial charge on any atom is 0.243 e. The maximum atomic E-state index is 12.2. The van der Waals surface area contributed by atoms with Crippen molar-refractivity contribution in [1.82, 2.24) is 4.72 Å². The van der Waals surface area contributed by atoms with Gasteiger partial charge in [-0.05, 0) is 40.9 Å². The molecule has 8 heteroatoms. The van der Waals surface area contributed by atoms with Crippen LogP contribution in [-0.4, -0.2) is 28.7 Å². The van der Waals surface area contributed by atoms with E-state index in [1.165, 1.54) is 0 Å². The van der Waals surface area contributed by atoms with E-state index in [1.54, 1.807) is 19.2 Å². The van der Waals surface area contributed by atoms with Gasteiger partial charge in [0.25, 0.3) is 0 Å². The number of rotatable bonds is 7. The summed E-state index contributed by atoms with van der Waals surface area (Å²) >= 11 is 6.47. The van der Waals surface area contributed by atoms with Crippen LogP contribution in [0.25, 0.3) is 0 Å². The van der Waals surface area contributed by atoms with Gasteiger partial charge in [-0.3, -0.25) is 0 Å². The first-order chi connectivity index (χ1) is 8.88. The molecule has 0 radical (unpaired) electrons. The average Bonchev–Trinajstić information content (AvgIpc) is 2.26. The zero-order valence-corrected chi connectivity index (χ0v) is 14.4. The molecule has 0 saturated heterocycles. The van der Waals surface area contributed by atoms with Gasteiger partial charge in [-0.1, -0.05) is 15.9 Å². The fourth-order valence-corrected chi connectivity index (χ4v) is 4.65. The summed E-state index contributed by atoms with van der Waals surface area (Å²) in [6, 6.07) is 3.21. The Balaban J connectivity index is 2.78. The lowest BCUT2D eigenvalue weighted by Crippen LogP contribution is -2.26. The summed E-state index contributed by atoms with van der Waals surface area (Å²) in [5.74, 6) is 0. The Morgan fingerprint density at radius 2 is 2.00 bits per heavy atom. The molecular formula is C11H16Br2N2O3S. The Morgan fingerprint density at radius 1 is 1.32 bits per heavy atom. The van der Waals surface area contributed by atoms with Crippen molar-refractivity contribution in [2.75, 3.05) is 26.0 Å². The highest BCUT2D eigenvalue weighted by molar-refractivity contribution is 9.11. The Hall–Kier alpha value is -0.150. The lowest BCUT2D eigenvalue weighted by Gasteiger charge is -2.11. The Morgan fingerprint density at radius 3 is 2.58 bits per heavy atom. The van der Waals surface area contributed by atoms with Crippen molar-refractivity contribution in [1.29, 1.82) is 0 Å². The largest absolute Gasteiger partial charge is 0.398 e. The van der Waals surface area contributed by atoms with E-state index in [0.29, 0.717) is 24.0 Å². The zero-order chi connectivity index (χ0) is 14.5. The molecule has 1 aromatic rings. The molecule has 0 atom stereocenters. The molecule has 108 valence electrons. The Bertz CT molecular complexity index is 512. The molecule has 19 heavy (non-hydrogen) atoms. The zero-order valence-electron chi connectivity index (χ0n) is 10.4. The van der Waals surface area contributed by atoms with Crippen LogP contribution >= 0.6 is 31.9 Å². The van der Waals surface area contributed by atoms with Gasteiger partial charge in [0.2, 0.25) is 10.0 Å². The van der Waals surface area contributed by atoms with E-state index in [2.05, 4.69) is 36.6 Å². The lowest BCUT2D eigenvalue weighted by molar-refractivity contribution is 0.193. The molecule has 1 aromatic carbocycles. The molecule has 5 nitrogen and oxygen atoms in total. The molecule has 0 saturated carbocycles. The fraction of sp³-hybridized carbons (Fsp3) is 0.455. The molecule has 0 aliphatic rings. The van der Waals surface area contributed by atoms with Crippen molar-refractivity contribution in [3.8, 4) is 0 Å². The normalized spacial score (nSPS) is 11.7. The summed E-state index contributed by atoms with van der Waals surface area (Å²) in [6.45, 7) is 0.972. The van der Waals surface area contributed by atoms with Crippen molar-refractivity contribution in [2.45, 2.75) is 17.7 Å². The van der Waals surface area contributed by atoms with Crippen LogP contribution in [0, 0.1) is 0 Å². The van der Waals surface area contributed by atoms with Crippen LogP contribution in [0.4, 0.5) is 5.69 Å². The number of sulfonamides is 1. The second kappa shape index (κ2) is 7.58. The number of ether oxygens (including phenoxy) is 1. The van der Waals surface area contributed by atoms with Crippen LogP contribution in [0.1, 0.15) is 12.8 Å². The SMILES string of the molecule is COCCCCNS(=O)(=O)c1c(N)cc(Br)cc1Br. The average molecular weight is 416 g/mol. The molecule has 0 aliphatic carbocycles. The van der Waals surface area contributed by atoms with Crippen molar-refractivity contribution >= 4 is 47.6 Å². The van der Waals surface area contributed by atoms with E-state index in [1.807, 2.05) is 0 Å². The van der Waals surface area contributed by atoms with E-state index >= 15 is 0 Å². The number of nitrogen functional groups attached to an aromatic ring is 1. The van der Waals surface area contributed by atoms with Gasteiger partial charge in [-0.15, -0.1) is 0 Å². The van der Waals surface area contributed by atoms with Crippen molar-refractivity contribution < 1.29 is 13.2 Å². The second-order valence-corrected chi connectivity index (χ2v) is 7.38. The Labute approximate surface area is 130 Å². The fourth-order valence-electron chi connectivity index (χ4n) is 1.51. The first-order valence-corrected chi connectivity index (χ1v) is 8.68. The van der Waals surface area contributed by atoms with Crippen molar-refractivity contribution in [3.05, 3.63) is 21.1 Å². The van der Waals surface area contributed by atoms with Gasteiger partial charge in [0, 0.05) is 29.2 Å². The third-order valence-electron chi connectivity index (χ3n) is 2.37. The predicted octanol–water partition coefficient (Wildman–Crippen LogP) is 2.50. The first-order valence-electron chi connectivity index (χ1n) is 5.61. The van der Waals surface area contributed by atoms with Crippen molar-refractivity contribution in [3.63, 3.8) is 0 Å². The van der Waals surface area contributed by atoms with Crippen LogP contribution in [0.3, 0.4) is 0 Å². The highest BCUT2D eigenvalue weighted by Gasteiger charge is 2.20. The van der Waals surface area contributed by atoms with Gasteiger partial charge in [-0.2, -0.15) is 0 Å². The number of hydrogen-bond donors (Lipinski definition) is 2. The lowest BCUT2D eigenvalue weighted by atomic mass is 10.3. The predicted molar refractivity (Wildman–Crippen MR) is 82.6 cm³/mol. The third kappa shape index (κ3) is 5.03. The highest BCUT2D eigenvalue weighted by atomic mass is 79.9. The van der Waals surface area contributed by atoms with Crippen molar-refractivity contribution in [2.24, 2.45) is 0 Å². The van der Waals surface area contributed by atoms with Crippen LogP contribution in [-0.2, 0) is 14.8 Å². The summed E-state index contributed by atoms with van der Waals surface area (Å²) in [5, 5.41) is 0. The molecular weight excluding hydrogens is 400 g/mol. The molecule has 0 aliphatic heterocycles. The number of hydrogen-bond acceptors (Lipinski definition) is 4. The minimum atomic E-state index is -3.61. The molecule has 1 rings (SSSR count). The van der Waals surface area contributed by atoms with Gasteiger partial charge in [0.1, 0.15) is 4.90 Å². The second-order valence-electron chi connectivity index (χ2n) is 3.90. The molecule has 0 spiro atoms. The minimum Gasteiger partial charge on any atom is -0.398 e. The minimum absolute atomic E-state index is 0.0717. The summed E-state index contributed by atoms with van der Waals surface area (Å²) in [7, 11) is -1.99. The van der Waals surface area contributed by atoms with E-state index < -0.39 is 10.0 Å². The molecule has 0 amide bonds. The summed E-state index contributed by atoms with van der Waals surface area (Å²) in [6.07, 6.45) is 1.51. The molecule has 0 aromatic heterocycles. The number of benzene rings is 1. The number of halogens is 2. The van der Waals surface area contributed by atoms with E-state index in [0.717, 1.165) is 10.9 Å². The Kier molecular flexibility index (Phi) is 6.75. The summed E-state index contributed by atoms with van der Waals surface area (Å²) in [4.78, 5) is 0.0717. The molecule has 0 fully saturated rings. The smallest absolute Gasteiger partial charge is 0.243 e. The summed E-state index contributed by atoms with van der Waals surface area (Å²) in [5.41, 5.74) is 5.96. The van der Waals surface area contributed by atoms with Gasteiger partial charge < -0.3 is 10.5 Å². The number of nitrogens with one attached hydrogen (secondary N) is 1. The number of unbranched alkanes of at least 4 members (excludes halogenated alkanes) is 1. The van der Waals surface area contributed by atoms with Gasteiger partial charge in [0.15, 0.2) is 0 Å². The van der Waals surface area contributed by atoms with Crippen LogP contribution in [0.5, 0.6) is 0 Å². The van der Waals surface area contributed by atoms with E-state index in [4.69, 9.17) is 10.5 Å². The van der Waals surface area contributed by atoms with Gasteiger partial charge in [0.05, 0.1) is 5.69 Å². The molecule has 3 N–H and O–H groups in total. The first kappa shape index (κ1) is 16.9.